The van der Waals surface area contributed by atoms with Gasteiger partial charge >= 0.3 is 0 Å². The molecular formula is C19H22ClN3O. The maximum Gasteiger partial charge on any atom is 0.168 e. The molecule has 0 unspecified atom stereocenters. The number of ketones is 1. The molecule has 126 valence electrons. The summed E-state index contributed by atoms with van der Waals surface area (Å²) >= 11 is 5.95. The van der Waals surface area contributed by atoms with E-state index in [1.54, 1.807) is 12.1 Å². The number of nitrogens with one attached hydrogen (secondary N) is 1. The van der Waals surface area contributed by atoms with Gasteiger partial charge in [0.25, 0.3) is 0 Å². The molecule has 0 saturated carbocycles. The first kappa shape index (κ1) is 16.8. The SMILES string of the molecule is CN1CCC(C(=O)c2ccccc2Nc2ccc(Cl)cc2N)CC1. The Bertz CT molecular complexity index is 739. The van der Waals surface area contributed by atoms with Crippen LogP contribution >= 0.6 is 11.6 Å². The number of rotatable bonds is 4. The van der Waals surface area contributed by atoms with Gasteiger partial charge in [0.05, 0.1) is 11.4 Å². The number of hydrogen-bond donors (Lipinski definition) is 2. The Kier molecular flexibility index (Phi) is 5.07. The molecule has 4 nitrogen and oxygen atoms in total. The minimum atomic E-state index is 0.0896. The number of nitrogens with zero attached hydrogens (tertiary/aromatic N) is 1. The highest BCUT2D eigenvalue weighted by atomic mass is 35.5. The number of carbonyl (C=O) groups is 1. The smallest absolute Gasteiger partial charge is 0.168 e. The van der Waals surface area contributed by atoms with Crippen molar-refractivity contribution in [2.24, 2.45) is 5.92 Å². The number of halogens is 1. The lowest BCUT2D eigenvalue weighted by molar-refractivity contribution is 0.0857. The summed E-state index contributed by atoms with van der Waals surface area (Å²) in [6.07, 6.45) is 1.82. The monoisotopic (exact) mass is 343 g/mol. The number of nitrogens with two attached hydrogens (primary N) is 1. The molecule has 2 aromatic carbocycles. The minimum absolute atomic E-state index is 0.0896. The van der Waals surface area contributed by atoms with Crippen molar-refractivity contribution in [1.29, 1.82) is 0 Å². The largest absolute Gasteiger partial charge is 0.397 e. The molecule has 1 heterocycles. The molecule has 1 aliphatic heterocycles. The van der Waals surface area contributed by atoms with Gasteiger partial charge in [-0.3, -0.25) is 4.79 Å². The second-order valence-electron chi connectivity index (χ2n) is 6.34. The number of para-hydroxylation sites is 1. The van der Waals surface area contributed by atoms with Crippen LogP contribution in [0.5, 0.6) is 0 Å². The Morgan fingerprint density at radius 3 is 2.58 bits per heavy atom. The maximum atomic E-state index is 12.9. The second kappa shape index (κ2) is 7.24. The quantitative estimate of drug-likeness (QED) is 0.645. The Labute approximate surface area is 147 Å². The van der Waals surface area contributed by atoms with Crippen LogP contribution in [0.15, 0.2) is 42.5 Å². The predicted molar refractivity (Wildman–Crippen MR) is 100 cm³/mol. The Balaban J connectivity index is 1.83. The van der Waals surface area contributed by atoms with Crippen LogP contribution in [0.1, 0.15) is 23.2 Å². The van der Waals surface area contributed by atoms with Gasteiger partial charge in [0.1, 0.15) is 0 Å². The van der Waals surface area contributed by atoms with E-state index in [0.717, 1.165) is 42.9 Å². The molecule has 2 aromatic rings. The fourth-order valence-electron chi connectivity index (χ4n) is 3.09. The van der Waals surface area contributed by atoms with Crippen LogP contribution in [0.2, 0.25) is 5.02 Å². The van der Waals surface area contributed by atoms with Gasteiger partial charge in [0.2, 0.25) is 0 Å². The minimum Gasteiger partial charge on any atom is -0.397 e. The summed E-state index contributed by atoms with van der Waals surface area (Å²) in [7, 11) is 2.10. The molecule has 3 rings (SSSR count). The normalized spacial score (nSPS) is 16.1. The molecule has 0 amide bonds. The highest BCUT2D eigenvalue weighted by Crippen LogP contribution is 2.30. The summed E-state index contributed by atoms with van der Waals surface area (Å²) in [6, 6.07) is 12.9. The van der Waals surface area contributed by atoms with Crippen LogP contribution in [0, 0.1) is 5.92 Å². The first-order valence-corrected chi connectivity index (χ1v) is 8.56. The van der Waals surface area contributed by atoms with Crippen molar-refractivity contribution in [1.82, 2.24) is 4.90 Å². The van der Waals surface area contributed by atoms with E-state index < -0.39 is 0 Å². The molecule has 1 saturated heterocycles. The highest BCUT2D eigenvalue weighted by Gasteiger charge is 2.25. The van der Waals surface area contributed by atoms with Crippen molar-refractivity contribution in [3.05, 3.63) is 53.1 Å². The second-order valence-corrected chi connectivity index (χ2v) is 6.78. The third kappa shape index (κ3) is 3.71. The number of likely N-dealkylation sites (tertiary alicyclic amines) is 1. The van der Waals surface area contributed by atoms with Crippen LogP contribution in [-0.2, 0) is 0 Å². The van der Waals surface area contributed by atoms with Gasteiger partial charge in [-0.2, -0.15) is 0 Å². The lowest BCUT2D eigenvalue weighted by Gasteiger charge is -2.28. The van der Waals surface area contributed by atoms with Gasteiger partial charge in [-0.25, -0.2) is 0 Å². The summed E-state index contributed by atoms with van der Waals surface area (Å²) in [5.74, 6) is 0.297. The summed E-state index contributed by atoms with van der Waals surface area (Å²) < 4.78 is 0. The fraction of sp³-hybridized carbons (Fsp3) is 0.316. The molecule has 0 radical (unpaired) electrons. The molecule has 0 spiro atoms. The van der Waals surface area contributed by atoms with Gasteiger partial charge in [-0.05, 0) is 63.3 Å². The van der Waals surface area contributed by atoms with E-state index in [9.17, 15) is 4.79 Å². The molecule has 0 bridgehead atoms. The number of carbonyl (C=O) groups excluding carboxylic acids is 1. The van der Waals surface area contributed by atoms with Crippen LogP contribution in [0.25, 0.3) is 0 Å². The molecule has 0 aliphatic carbocycles. The first-order chi connectivity index (χ1) is 11.5. The topological polar surface area (TPSA) is 58.4 Å². The van der Waals surface area contributed by atoms with Crippen LogP contribution in [0.4, 0.5) is 17.1 Å². The molecular weight excluding hydrogens is 322 g/mol. The average molecular weight is 344 g/mol. The zero-order valence-corrected chi connectivity index (χ0v) is 14.5. The molecule has 1 aliphatic rings. The van der Waals surface area contributed by atoms with Crippen LogP contribution < -0.4 is 11.1 Å². The number of Topliss-reactive ketones (excluding diaryl/α,β-unsaturated/α-hetero) is 1. The van der Waals surface area contributed by atoms with Crippen molar-refractivity contribution in [2.45, 2.75) is 12.8 Å². The Morgan fingerprint density at radius 2 is 1.88 bits per heavy atom. The van der Waals surface area contributed by atoms with Crippen molar-refractivity contribution in [3.8, 4) is 0 Å². The molecule has 0 atom stereocenters. The maximum absolute atomic E-state index is 12.9. The van der Waals surface area contributed by atoms with E-state index in [4.69, 9.17) is 17.3 Å². The number of nitrogen functional groups attached to an aromatic ring is 1. The summed E-state index contributed by atoms with van der Waals surface area (Å²) in [5, 5.41) is 3.87. The number of anilines is 3. The highest BCUT2D eigenvalue weighted by molar-refractivity contribution is 6.31. The van der Waals surface area contributed by atoms with Gasteiger partial charge < -0.3 is 16.0 Å². The van der Waals surface area contributed by atoms with E-state index in [1.165, 1.54) is 0 Å². The van der Waals surface area contributed by atoms with Crippen LogP contribution in [0.3, 0.4) is 0 Å². The van der Waals surface area contributed by atoms with Gasteiger partial charge in [0.15, 0.2) is 5.78 Å². The van der Waals surface area contributed by atoms with Gasteiger partial charge in [-0.1, -0.05) is 23.7 Å². The third-order valence-electron chi connectivity index (χ3n) is 4.56. The zero-order valence-electron chi connectivity index (χ0n) is 13.8. The summed E-state index contributed by atoms with van der Waals surface area (Å²) in [4.78, 5) is 15.2. The zero-order chi connectivity index (χ0) is 17.1. The standard InChI is InChI=1S/C19H22ClN3O/c1-23-10-8-13(9-11-23)19(24)15-4-2-3-5-17(15)22-18-7-6-14(20)12-16(18)21/h2-7,12-13,22H,8-11,21H2,1H3. The Hall–Kier alpha value is -2.04. The number of piperidine rings is 1. The van der Waals surface area contributed by atoms with Crippen molar-refractivity contribution in [2.75, 3.05) is 31.2 Å². The van der Waals surface area contributed by atoms with E-state index in [2.05, 4.69) is 17.3 Å². The third-order valence-corrected chi connectivity index (χ3v) is 4.80. The van der Waals surface area contributed by atoms with E-state index >= 15 is 0 Å². The van der Waals surface area contributed by atoms with E-state index in [-0.39, 0.29) is 11.7 Å². The molecule has 5 heteroatoms. The lowest BCUT2D eigenvalue weighted by atomic mass is 9.88. The lowest BCUT2D eigenvalue weighted by Crippen LogP contribution is -2.33. The van der Waals surface area contributed by atoms with Gasteiger partial charge in [-0.15, -0.1) is 0 Å². The first-order valence-electron chi connectivity index (χ1n) is 8.18. The molecule has 3 N–H and O–H groups in total. The van der Waals surface area contributed by atoms with Gasteiger partial charge in [0, 0.05) is 22.2 Å². The molecule has 1 fully saturated rings. The molecule has 0 aromatic heterocycles. The van der Waals surface area contributed by atoms with E-state index in [1.807, 2.05) is 30.3 Å². The number of hydrogen-bond acceptors (Lipinski definition) is 4. The van der Waals surface area contributed by atoms with Crippen molar-refractivity contribution < 1.29 is 4.79 Å². The van der Waals surface area contributed by atoms with Crippen LogP contribution in [-0.4, -0.2) is 30.8 Å². The van der Waals surface area contributed by atoms with E-state index in [0.29, 0.717) is 10.7 Å². The summed E-state index contributed by atoms with van der Waals surface area (Å²) in [6.45, 7) is 1.94. The summed E-state index contributed by atoms with van der Waals surface area (Å²) in [5.41, 5.74) is 8.84. The number of benzene rings is 2. The Morgan fingerprint density at radius 1 is 1.17 bits per heavy atom. The van der Waals surface area contributed by atoms with Crippen molar-refractivity contribution >= 4 is 34.4 Å². The van der Waals surface area contributed by atoms with Crippen molar-refractivity contribution in [3.63, 3.8) is 0 Å². The predicted octanol–water partition coefficient (Wildman–Crippen LogP) is 4.19. The molecule has 24 heavy (non-hydrogen) atoms. The average Bonchev–Trinajstić information content (AvgIpc) is 2.58. The fourth-order valence-corrected chi connectivity index (χ4v) is 3.27.